The van der Waals surface area contributed by atoms with Crippen LogP contribution in [0.3, 0.4) is 0 Å². The number of carbonyl (C=O) groups is 1. The Morgan fingerprint density at radius 1 is 1.17 bits per heavy atom. The van der Waals surface area contributed by atoms with Gasteiger partial charge in [0.25, 0.3) is 0 Å². The van der Waals surface area contributed by atoms with Crippen LogP contribution in [-0.4, -0.2) is 110 Å². The molecule has 2 rings (SSSR count). The Morgan fingerprint density at radius 2 is 1.75 bits per heavy atom. The van der Waals surface area contributed by atoms with Gasteiger partial charge in [-0.3, -0.25) is 14.6 Å². The van der Waals surface area contributed by atoms with E-state index < -0.39 is 6.10 Å². The minimum atomic E-state index is -0.398. The molecular weight excluding hydrogens is 304 g/mol. The number of hydrogen-bond donors (Lipinski definition) is 1. The molecule has 2 saturated heterocycles. The number of aliphatic hydroxyl groups excluding tert-OH is 1. The van der Waals surface area contributed by atoms with Crippen LogP contribution in [0.15, 0.2) is 0 Å². The number of β-amino-alcohol motifs (C(OH)–C–C–N with tert-alkyl or cyclic N) is 1. The molecule has 1 amide bonds. The zero-order chi connectivity index (χ0) is 17.7. The molecule has 0 aromatic heterocycles. The molecule has 2 aliphatic heterocycles. The van der Waals surface area contributed by atoms with Crippen molar-refractivity contribution in [3.8, 4) is 0 Å². The van der Waals surface area contributed by atoms with Crippen LogP contribution in [0, 0.1) is 11.8 Å². The number of piperazine rings is 1. The first-order chi connectivity index (χ1) is 11.3. The van der Waals surface area contributed by atoms with Crippen molar-refractivity contribution in [3.05, 3.63) is 0 Å². The number of hydrogen-bond acceptors (Lipinski definition) is 5. The van der Waals surface area contributed by atoms with Crippen LogP contribution >= 0.6 is 0 Å². The lowest BCUT2D eigenvalue weighted by Gasteiger charge is -2.36. The number of likely N-dealkylation sites (N-methyl/N-ethyl adjacent to an activating group) is 2. The Balaban J connectivity index is 1.69. The van der Waals surface area contributed by atoms with E-state index in [1.54, 1.807) is 0 Å². The van der Waals surface area contributed by atoms with Crippen LogP contribution in [0.2, 0.25) is 0 Å². The van der Waals surface area contributed by atoms with E-state index in [1.165, 1.54) is 6.42 Å². The van der Waals surface area contributed by atoms with Crippen molar-refractivity contribution in [2.75, 3.05) is 73.0 Å². The average molecular weight is 341 g/mol. The molecule has 1 N–H and O–H groups in total. The van der Waals surface area contributed by atoms with Gasteiger partial charge in [-0.1, -0.05) is 13.8 Å². The zero-order valence-corrected chi connectivity index (χ0v) is 15.9. The largest absolute Gasteiger partial charge is 0.390 e. The highest BCUT2D eigenvalue weighted by molar-refractivity contribution is 5.78. The number of aliphatic hydroxyl groups is 1. The number of piperidine rings is 1. The van der Waals surface area contributed by atoms with Crippen molar-refractivity contribution < 1.29 is 9.90 Å². The number of likely N-dealkylation sites (tertiary alicyclic amines) is 1. The highest BCUT2D eigenvalue weighted by atomic mass is 16.3. The second kappa shape index (κ2) is 9.13. The van der Waals surface area contributed by atoms with Crippen LogP contribution in [-0.2, 0) is 4.79 Å². The summed E-state index contributed by atoms with van der Waals surface area (Å²) in [4.78, 5) is 21.1. The molecule has 3 atom stereocenters. The molecule has 0 aliphatic carbocycles. The summed E-state index contributed by atoms with van der Waals surface area (Å²) in [5.41, 5.74) is 0. The van der Waals surface area contributed by atoms with Gasteiger partial charge in [-0.25, -0.2) is 0 Å². The van der Waals surface area contributed by atoms with Gasteiger partial charge in [0.15, 0.2) is 0 Å². The predicted octanol–water partition coefficient (Wildman–Crippen LogP) is 0.0310. The third kappa shape index (κ3) is 6.31. The van der Waals surface area contributed by atoms with Gasteiger partial charge in [-0.05, 0) is 32.4 Å². The summed E-state index contributed by atoms with van der Waals surface area (Å²) in [6.45, 7) is 12.0. The first-order valence-corrected chi connectivity index (χ1v) is 9.38. The maximum Gasteiger partial charge on any atom is 0.236 e. The van der Waals surface area contributed by atoms with E-state index in [0.29, 0.717) is 31.5 Å². The molecule has 3 unspecified atom stereocenters. The molecule has 0 aromatic carbocycles. The molecule has 2 fully saturated rings. The summed E-state index contributed by atoms with van der Waals surface area (Å²) < 4.78 is 0. The Kier molecular flexibility index (Phi) is 7.47. The van der Waals surface area contributed by atoms with Crippen LogP contribution in [0.5, 0.6) is 0 Å². The SMILES string of the molecule is CC1CC(C)CN(C(=O)CN(C)CC(O)CN2CCN(C)CC2)C1. The number of rotatable bonds is 6. The third-order valence-electron chi connectivity index (χ3n) is 5.21. The molecule has 2 heterocycles. The van der Waals surface area contributed by atoms with Crippen LogP contribution in [0.25, 0.3) is 0 Å². The molecule has 0 bridgehead atoms. The molecule has 24 heavy (non-hydrogen) atoms. The van der Waals surface area contributed by atoms with Gasteiger partial charge in [0.1, 0.15) is 0 Å². The highest BCUT2D eigenvalue weighted by Gasteiger charge is 2.26. The summed E-state index contributed by atoms with van der Waals surface area (Å²) in [6.07, 6.45) is 0.814. The summed E-state index contributed by atoms with van der Waals surface area (Å²) in [6, 6.07) is 0. The lowest BCUT2D eigenvalue weighted by Crippen LogP contribution is -2.50. The van der Waals surface area contributed by atoms with Gasteiger partial charge in [-0.2, -0.15) is 0 Å². The zero-order valence-electron chi connectivity index (χ0n) is 15.9. The maximum absolute atomic E-state index is 12.5. The summed E-state index contributed by atoms with van der Waals surface area (Å²) in [5, 5.41) is 10.3. The minimum absolute atomic E-state index is 0.197. The Hall–Kier alpha value is -0.690. The topological polar surface area (TPSA) is 50.3 Å². The second-order valence-corrected chi connectivity index (χ2v) is 8.20. The molecule has 2 aliphatic rings. The predicted molar refractivity (Wildman–Crippen MR) is 97.0 cm³/mol. The quantitative estimate of drug-likeness (QED) is 0.739. The van der Waals surface area contributed by atoms with Gasteiger partial charge in [-0.15, -0.1) is 0 Å². The summed E-state index contributed by atoms with van der Waals surface area (Å²) in [5.74, 6) is 1.37. The monoisotopic (exact) mass is 340 g/mol. The normalized spacial score (nSPS) is 28.3. The van der Waals surface area contributed by atoms with Crippen molar-refractivity contribution in [2.24, 2.45) is 11.8 Å². The van der Waals surface area contributed by atoms with Crippen molar-refractivity contribution in [1.29, 1.82) is 0 Å². The first-order valence-electron chi connectivity index (χ1n) is 9.38. The van der Waals surface area contributed by atoms with E-state index >= 15 is 0 Å². The Labute approximate surface area is 147 Å². The number of nitrogens with zero attached hydrogens (tertiary/aromatic N) is 4. The fraction of sp³-hybridized carbons (Fsp3) is 0.944. The second-order valence-electron chi connectivity index (χ2n) is 8.20. The molecular formula is C18H36N4O2. The maximum atomic E-state index is 12.5. The molecule has 0 aromatic rings. The highest BCUT2D eigenvalue weighted by Crippen LogP contribution is 2.20. The number of amides is 1. The van der Waals surface area contributed by atoms with E-state index in [1.807, 2.05) is 16.8 Å². The minimum Gasteiger partial charge on any atom is -0.390 e. The fourth-order valence-corrected chi connectivity index (χ4v) is 4.01. The molecule has 0 saturated carbocycles. The van der Waals surface area contributed by atoms with Gasteiger partial charge >= 0.3 is 0 Å². The lowest BCUT2D eigenvalue weighted by molar-refractivity contribution is -0.135. The molecule has 6 nitrogen and oxygen atoms in total. The molecule has 6 heteroatoms. The molecule has 0 spiro atoms. The Morgan fingerprint density at radius 3 is 2.33 bits per heavy atom. The van der Waals surface area contributed by atoms with Crippen LogP contribution in [0.4, 0.5) is 0 Å². The van der Waals surface area contributed by atoms with Crippen molar-refractivity contribution >= 4 is 5.91 Å². The summed E-state index contributed by atoms with van der Waals surface area (Å²) in [7, 11) is 4.07. The van der Waals surface area contributed by atoms with Crippen molar-refractivity contribution in [2.45, 2.75) is 26.4 Å². The van der Waals surface area contributed by atoms with Crippen molar-refractivity contribution in [1.82, 2.24) is 19.6 Å². The van der Waals surface area contributed by atoms with E-state index in [2.05, 4.69) is 30.7 Å². The van der Waals surface area contributed by atoms with Gasteiger partial charge in [0, 0.05) is 52.4 Å². The first kappa shape index (κ1) is 19.6. The van der Waals surface area contributed by atoms with Crippen LogP contribution < -0.4 is 0 Å². The van der Waals surface area contributed by atoms with Crippen molar-refractivity contribution in [3.63, 3.8) is 0 Å². The van der Waals surface area contributed by atoms with Crippen LogP contribution in [0.1, 0.15) is 20.3 Å². The molecule has 140 valence electrons. The third-order valence-corrected chi connectivity index (χ3v) is 5.21. The Bertz CT molecular complexity index is 388. The molecule has 0 radical (unpaired) electrons. The number of carbonyl (C=O) groups excluding carboxylic acids is 1. The fourth-order valence-electron chi connectivity index (χ4n) is 4.01. The smallest absolute Gasteiger partial charge is 0.236 e. The van der Waals surface area contributed by atoms with Gasteiger partial charge in [0.05, 0.1) is 12.6 Å². The van der Waals surface area contributed by atoms with Gasteiger partial charge < -0.3 is 14.9 Å². The van der Waals surface area contributed by atoms with E-state index in [9.17, 15) is 9.90 Å². The van der Waals surface area contributed by atoms with E-state index in [0.717, 1.165) is 39.3 Å². The van der Waals surface area contributed by atoms with E-state index in [4.69, 9.17) is 0 Å². The summed E-state index contributed by atoms with van der Waals surface area (Å²) >= 11 is 0. The lowest BCUT2D eigenvalue weighted by atomic mass is 9.92. The average Bonchev–Trinajstić information content (AvgIpc) is 2.48. The standard InChI is InChI=1S/C18H36N4O2/c1-15-9-16(2)11-22(10-15)18(24)14-20(4)12-17(23)13-21-7-5-19(3)6-8-21/h15-17,23H,5-14H2,1-4H3. The van der Waals surface area contributed by atoms with E-state index in [-0.39, 0.29) is 5.91 Å². The van der Waals surface area contributed by atoms with Gasteiger partial charge in [0.2, 0.25) is 5.91 Å².